The van der Waals surface area contributed by atoms with E-state index in [0.29, 0.717) is 11.3 Å². The third kappa shape index (κ3) is 1.81. The fourth-order valence-electron chi connectivity index (χ4n) is 0.999. The highest BCUT2D eigenvalue weighted by Gasteiger charge is 2.13. The standard InChI is InChI=1S/C8H9N3O2/c1-10-5-6-7(9)3-2-4-8(6)11(12)13/h2-5H,9H2,1H3. The van der Waals surface area contributed by atoms with Gasteiger partial charge in [0.15, 0.2) is 0 Å². The number of nitro benzene ring substituents is 1. The average molecular weight is 179 g/mol. The van der Waals surface area contributed by atoms with E-state index in [1.165, 1.54) is 19.3 Å². The number of benzene rings is 1. The van der Waals surface area contributed by atoms with Gasteiger partial charge in [0.1, 0.15) is 0 Å². The lowest BCUT2D eigenvalue weighted by Crippen LogP contribution is -1.99. The Labute approximate surface area is 75.0 Å². The molecule has 1 aromatic rings. The van der Waals surface area contributed by atoms with Crippen molar-refractivity contribution in [3.05, 3.63) is 33.9 Å². The molecule has 13 heavy (non-hydrogen) atoms. The largest absolute Gasteiger partial charge is 0.398 e. The number of nitrogens with two attached hydrogens (primary N) is 1. The van der Waals surface area contributed by atoms with Crippen LogP contribution >= 0.6 is 0 Å². The summed E-state index contributed by atoms with van der Waals surface area (Å²) in [4.78, 5) is 13.8. The van der Waals surface area contributed by atoms with Crippen molar-refractivity contribution in [1.29, 1.82) is 0 Å². The minimum absolute atomic E-state index is 0.0226. The number of hydrogen-bond donors (Lipinski definition) is 1. The molecule has 0 heterocycles. The first-order chi connectivity index (χ1) is 6.16. The Morgan fingerprint density at radius 1 is 1.62 bits per heavy atom. The van der Waals surface area contributed by atoms with Gasteiger partial charge in [-0.25, -0.2) is 0 Å². The van der Waals surface area contributed by atoms with Crippen molar-refractivity contribution >= 4 is 17.6 Å². The van der Waals surface area contributed by atoms with E-state index < -0.39 is 4.92 Å². The molecule has 0 saturated heterocycles. The first-order valence-corrected chi connectivity index (χ1v) is 3.62. The Morgan fingerprint density at radius 3 is 2.85 bits per heavy atom. The molecule has 0 fully saturated rings. The number of anilines is 1. The molecule has 0 unspecified atom stereocenters. The highest BCUT2D eigenvalue weighted by molar-refractivity contribution is 5.92. The molecule has 0 saturated carbocycles. The Hall–Kier alpha value is -1.91. The summed E-state index contributed by atoms with van der Waals surface area (Å²) >= 11 is 0. The lowest BCUT2D eigenvalue weighted by atomic mass is 10.1. The van der Waals surface area contributed by atoms with Crippen molar-refractivity contribution in [3.8, 4) is 0 Å². The van der Waals surface area contributed by atoms with E-state index in [1.54, 1.807) is 12.1 Å². The maximum Gasteiger partial charge on any atom is 0.280 e. The second-order valence-electron chi connectivity index (χ2n) is 2.42. The highest BCUT2D eigenvalue weighted by atomic mass is 16.6. The molecule has 0 radical (unpaired) electrons. The molecule has 0 aliphatic heterocycles. The van der Waals surface area contributed by atoms with Gasteiger partial charge >= 0.3 is 0 Å². The number of aliphatic imine (C=N–C) groups is 1. The van der Waals surface area contributed by atoms with Crippen molar-refractivity contribution in [2.45, 2.75) is 0 Å². The molecule has 0 bridgehead atoms. The van der Waals surface area contributed by atoms with E-state index in [4.69, 9.17) is 5.73 Å². The minimum Gasteiger partial charge on any atom is -0.398 e. The summed E-state index contributed by atoms with van der Waals surface area (Å²) in [5, 5.41) is 10.5. The van der Waals surface area contributed by atoms with Crippen molar-refractivity contribution in [1.82, 2.24) is 0 Å². The first kappa shape index (κ1) is 9.18. The quantitative estimate of drug-likeness (QED) is 0.321. The molecule has 0 spiro atoms. The molecule has 68 valence electrons. The maximum absolute atomic E-state index is 10.5. The summed E-state index contributed by atoms with van der Waals surface area (Å²) in [6.45, 7) is 0. The predicted octanol–water partition coefficient (Wildman–Crippen LogP) is 1.23. The van der Waals surface area contributed by atoms with Crippen LogP contribution in [0, 0.1) is 10.1 Å². The van der Waals surface area contributed by atoms with Crippen LogP contribution in [-0.4, -0.2) is 18.2 Å². The Balaban J connectivity index is 3.33. The minimum atomic E-state index is -0.479. The van der Waals surface area contributed by atoms with Crippen molar-refractivity contribution < 1.29 is 4.92 Å². The number of nitro groups is 1. The SMILES string of the molecule is CN=Cc1c(N)cccc1[N+](=O)[O-]. The molecule has 0 aliphatic rings. The normalized spacial score (nSPS) is 10.5. The second kappa shape index (κ2) is 3.66. The maximum atomic E-state index is 10.5. The summed E-state index contributed by atoms with van der Waals surface area (Å²) in [7, 11) is 1.54. The van der Waals surface area contributed by atoms with E-state index in [9.17, 15) is 10.1 Å². The molecule has 5 heteroatoms. The van der Waals surface area contributed by atoms with Gasteiger partial charge in [0.05, 0.1) is 10.5 Å². The topological polar surface area (TPSA) is 81.5 Å². The number of rotatable bonds is 2. The second-order valence-corrected chi connectivity index (χ2v) is 2.42. The third-order valence-corrected chi connectivity index (χ3v) is 1.57. The number of nitrogen functional groups attached to an aromatic ring is 1. The van der Waals surface area contributed by atoms with Crippen molar-refractivity contribution in [2.75, 3.05) is 12.8 Å². The van der Waals surface area contributed by atoms with Crippen LogP contribution in [-0.2, 0) is 0 Å². The zero-order chi connectivity index (χ0) is 9.84. The van der Waals surface area contributed by atoms with Crippen LogP contribution < -0.4 is 5.73 Å². The van der Waals surface area contributed by atoms with E-state index in [0.717, 1.165) is 0 Å². The van der Waals surface area contributed by atoms with Crippen LogP contribution in [0.15, 0.2) is 23.2 Å². The molecule has 0 aromatic heterocycles. The zero-order valence-corrected chi connectivity index (χ0v) is 7.10. The van der Waals surface area contributed by atoms with Gasteiger partial charge in [-0.2, -0.15) is 0 Å². The molecular weight excluding hydrogens is 170 g/mol. The molecule has 0 amide bonds. The number of hydrogen-bond acceptors (Lipinski definition) is 4. The Morgan fingerprint density at radius 2 is 2.31 bits per heavy atom. The number of nitrogens with zero attached hydrogens (tertiary/aromatic N) is 2. The molecule has 1 rings (SSSR count). The van der Waals surface area contributed by atoms with E-state index >= 15 is 0 Å². The third-order valence-electron chi connectivity index (χ3n) is 1.57. The summed E-state index contributed by atoms with van der Waals surface area (Å²) in [6.07, 6.45) is 1.38. The van der Waals surface area contributed by atoms with Gasteiger partial charge in [0, 0.05) is 25.0 Å². The predicted molar refractivity (Wildman–Crippen MR) is 51.0 cm³/mol. The van der Waals surface area contributed by atoms with Gasteiger partial charge in [0.2, 0.25) is 0 Å². The Kier molecular flexibility index (Phi) is 2.59. The lowest BCUT2D eigenvalue weighted by molar-refractivity contribution is -0.384. The molecule has 0 atom stereocenters. The van der Waals surface area contributed by atoms with Crippen LogP contribution in [0.3, 0.4) is 0 Å². The van der Waals surface area contributed by atoms with E-state index in [-0.39, 0.29) is 5.69 Å². The summed E-state index contributed by atoms with van der Waals surface area (Å²) in [5.74, 6) is 0. The van der Waals surface area contributed by atoms with Crippen molar-refractivity contribution in [3.63, 3.8) is 0 Å². The van der Waals surface area contributed by atoms with Gasteiger partial charge < -0.3 is 5.73 Å². The first-order valence-electron chi connectivity index (χ1n) is 3.62. The summed E-state index contributed by atoms with van der Waals surface area (Å²) in [6, 6.07) is 4.54. The average Bonchev–Trinajstić information content (AvgIpc) is 2.08. The molecule has 2 N–H and O–H groups in total. The van der Waals surface area contributed by atoms with Crippen LogP contribution in [0.4, 0.5) is 11.4 Å². The lowest BCUT2D eigenvalue weighted by Gasteiger charge is -1.99. The monoisotopic (exact) mass is 179 g/mol. The van der Waals surface area contributed by atoms with Gasteiger partial charge in [-0.15, -0.1) is 0 Å². The van der Waals surface area contributed by atoms with Crippen LogP contribution in [0.2, 0.25) is 0 Å². The van der Waals surface area contributed by atoms with Crippen LogP contribution in [0.25, 0.3) is 0 Å². The van der Waals surface area contributed by atoms with Crippen LogP contribution in [0.1, 0.15) is 5.56 Å². The fraction of sp³-hybridized carbons (Fsp3) is 0.125. The van der Waals surface area contributed by atoms with Gasteiger partial charge in [-0.1, -0.05) is 6.07 Å². The summed E-state index contributed by atoms with van der Waals surface area (Å²) in [5.41, 5.74) is 6.24. The fourth-order valence-corrected chi connectivity index (χ4v) is 0.999. The van der Waals surface area contributed by atoms with Crippen LogP contribution in [0.5, 0.6) is 0 Å². The van der Waals surface area contributed by atoms with Gasteiger partial charge in [-0.3, -0.25) is 15.1 Å². The van der Waals surface area contributed by atoms with E-state index in [2.05, 4.69) is 4.99 Å². The smallest absolute Gasteiger partial charge is 0.280 e. The molecular formula is C8H9N3O2. The molecule has 1 aromatic carbocycles. The van der Waals surface area contributed by atoms with Gasteiger partial charge in [-0.05, 0) is 6.07 Å². The zero-order valence-electron chi connectivity index (χ0n) is 7.10. The summed E-state index contributed by atoms with van der Waals surface area (Å²) < 4.78 is 0. The molecule has 5 nitrogen and oxygen atoms in total. The Bertz CT molecular complexity index is 360. The highest BCUT2D eigenvalue weighted by Crippen LogP contribution is 2.21. The van der Waals surface area contributed by atoms with Gasteiger partial charge in [0.25, 0.3) is 5.69 Å². The van der Waals surface area contributed by atoms with Crippen molar-refractivity contribution in [2.24, 2.45) is 4.99 Å². The van der Waals surface area contributed by atoms with E-state index in [1.807, 2.05) is 0 Å². The molecule has 0 aliphatic carbocycles.